The number of rotatable bonds is 6. The second kappa shape index (κ2) is 13.5. The Balaban J connectivity index is 1.11. The summed E-state index contributed by atoms with van der Waals surface area (Å²) in [5.74, 6) is -0.0996. The molecule has 1 aliphatic heterocycles. The molecule has 0 N–H and O–H groups in total. The molecule has 9 aromatic carbocycles. The van der Waals surface area contributed by atoms with Crippen LogP contribution >= 0.6 is 11.8 Å². The lowest BCUT2D eigenvalue weighted by molar-refractivity contribution is 0.661. The SMILES string of the molecule is c1ccc(C(c2ccc3c(c2)Sc2ccccc2C32c3ccccc3-c3ccccc32)c2ccc(N(c3ccccc3)c3ccccc3)c3c2oc2ccccc23)cc1. The summed E-state index contributed by atoms with van der Waals surface area (Å²) in [5.41, 5.74) is 16.2. The molecule has 0 fully saturated rings. The van der Waals surface area contributed by atoms with Gasteiger partial charge in [0.1, 0.15) is 11.2 Å². The predicted octanol–water partition coefficient (Wildman–Crippen LogP) is 15.1. The van der Waals surface area contributed by atoms with Crippen LogP contribution in [0.25, 0.3) is 33.1 Å². The van der Waals surface area contributed by atoms with Crippen molar-refractivity contribution < 1.29 is 4.42 Å². The summed E-state index contributed by atoms with van der Waals surface area (Å²) in [7, 11) is 0. The van der Waals surface area contributed by atoms with Gasteiger partial charge in [-0.25, -0.2) is 0 Å². The van der Waals surface area contributed by atoms with E-state index in [2.05, 4.69) is 223 Å². The predicted molar refractivity (Wildman–Crippen MR) is 244 cm³/mol. The Morgan fingerprint density at radius 1 is 0.441 bits per heavy atom. The van der Waals surface area contributed by atoms with Crippen molar-refractivity contribution in [2.24, 2.45) is 0 Å². The Bertz CT molecular complexity index is 3120. The molecule has 59 heavy (non-hydrogen) atoms. The number of fused-ring (bicyclic) bond motifs is 12. The third-order valence-electron chi connectivity index (χ3n) is 12.5. The second-order valence-electron chi connectivity index (χ2n) is 15.5. The highest BCUT2D eigenvalue weighted by Crippen LogP contribution is 2.62. The second-order valence-corrected chi connectivity index (χ2v) is 16.6. The number of hydrogen-bond acceptors (Lipinski definition) is 3. The van der Waals surface area contributed by atoms with Gasteiger partial charge in [0.15, 0.2) is 0 Å². The van der Waals surface area contributed by atoms with Crippen LogP contribution in [0.3, 0.4) is 0 Å². The van der Waals surface area contributed by atoms with Gasteiger partial charge in [-0.2, -0.15) is 0 Å². The van der Waals surface area contributed by atoms with Gasteiger partial charge in [-0.15, -0.1) is 0 Å². The summed E-state index contributed by atoms with van der Waals surface area (Å²) >= 11 is 1.89. The molecule has 1 atom stereocenters. The van der Waals surface area contributed by atoms with E-state index in [-0.39, 0.29) is 5.92 Å². The van der Waals surface area contributed by atoms with Gasteiger partial charge in [0.05, 0.1) is 16.5 Å². The van der Waals surface area contributed by atoms with E-state index < -0.39 is 5.41 Å². The van der Waals surface area contributed by atoms with Crippen LogP contribution in [-0.4, -0.2) is 0 Å². The van der Waals surface area contributed by atoms with E-state index in [1.165, 1.54) is 54.3 Å². The van der Waals surface area contributed by atoms with E-state index in [4.69, 9.17) is 4.42 Å². The molecule has 1 aromatic heterocycles. The first-order valence-electron chi connectivity index (χ1n) is 20.3. The van der Waals surface area contributed by atoms with Crippen LogP contribution in [0.1, 0.15) is 44.9 Å². The lowest BCUT2D eigenvalue weighted by Crippen LogP contribution is -2.32. The fourth-order valence-corrected chi connectivity index (χ4v) is 11.3. The first-order chi connectivity index (χ1) is 29.3. The number of hydrogen-bond donors (Lipinski definition) is 0. The number of benzene rings is 9. The molecule has 3 heteroatoms. The van der Waals surface area contributed by atoms with Crippen LogP contribution in [0.15, 0.2) is 233 Å². The molecule has 1 unspecified atom stereocenters. The van der Waals surface area contributed by atoms with Crippen molar-refractivity contribution in [1.82, 2.24) is 0 Å². The van der Waals surface area contributed by atoms with Gasteiger partial charge in [0.2, 0.25) is 0 Å². The number of furan rings is 1. The first kappa shape index (κ1) is 34.0. The smallest absolute Gasteiger partial charge is 0.141 e. The molecule has 0 saturated carbocycles. The molecule has 0 radical (unpaired) electrons. The topological polar surface area (TPSA) is 16.4 Å². The average molecular weight is 772 g/mol. The molecular formula is C56H37NOS. The van der Waals surface area contributed by atoms with Crippen molar-refractivity contribution >= 4 is 50.8 Å². The zero-order valence-corrected chi connectivity index (χ0v) is 32.9. The summed E-state index contributed by atoms with van der Waals surface area (Å²) in [6.45, 7) is 0. The molecule has 2 heterocycles. The Morgan fingerprint density at radius 2 is 1.00 bits per heavy atom. The van der Waals surface area contributed by atoms with Crippen molar-refractivity contribution in [3.8, 4) is 11.1 Å². The van der Waals surface area contributed by atoms with Crippen LogP contribution in [-0.2, 0) is 5.41 Å². The summed E-state index contributed by atoms with van der Waals surface area (Å²) in [6.07, 6.45) is 0. The first-order valence-corrected chi connectivity index (χ1v) is 21.1. The van der Waals surface area contributed by atoms with Gasteiger partial charge in [0, 0.05) is 38.0 Å². The molecule has 1 spiro atoms. The number of nitrogens with zero attached hydrogens (tertiary/aromatic N) is 1. The summed E-state index contributed by atoms with van der Waals surface area (Å²) < 4.78 is 7.05. The van der Waals surface area contributed by atoms with E-state index in [1.807, 2.05) is 11.8 Å². The lowest BCUT2D eigenvalue weighted by Gasteiger charge is -2.40. The van der Waals surface area contributed by atoms with Crippen molar-refractivity contribution in [2.75, 3.05) is 4.90 Å². The largest absolute Gasteiger partial charge is 0.456 e. The van der Waals surface area contributed by atoms with Gasteiger partial charge in [-0.3, -0.25) is 0 Å². The molecule has 1 aliphatic carbocycles. The van der Waals surface area contributed by atoms with Crippen molar-refractivity contribution in [1.29, 1.82) is 0 Å². The molecule has 278 valence electrons. The maximum atomic E-state index is 7.05. The summed E-state index contributed by atoms with van der Waals surface area (Å²) in [6, 6.07) is 79.7. The zero-order valence-electron chi connectivity index (χ0n) is 32.1. The van der Waals surface area contributed by atoms with Crippen LogP contribution in [0.5, 0.6) is 0 Å². The van der Waals surface area contributed by atoms with Crippen LogP contribution in [0.2, 0.25) is 0 Å². The number of para-hydroxylation sites is 3. The maximum absolute atomic E-state index is 7.05. The van der Waals surface area contributed by atoms with Crippen molar-refractivity contribution in [2.45, 2.75) is 21.1 Å². The number of anilines is 3. The van der Waals surface area contributed by atoms with Crippen LogP contribution in [0, 0.1) is 0 Å². The van der Waals surface area contributed by atoms with Crippen LogP contribution < -0.4 is 4.90 Å². The molecule has 12 rings (SSSR count). The molecule has 0 saturated heterocycles. The van der Waals surface area contributed by atoms with E-state index in [1.54, 1.807) is 0 Å². The molecule has 0 bridgehead atoms. The van der Waals surface area contributed by atoms with Crippen LogP contribution in [0.4, 0.5) is 17.1 Å². The quantitative estimate of drug-likeness (QED) is 0.157. The Labute approximate surface area is 348 Å². The molecule has 2 aliphatic rings. The van der Waals surface area contributed by atoms with E-state index in [9.17, 15) is 0 Å². The van der Waals surface area contributed by atoms with E-state index in [0.717, 1.165) is 44.6 Å². The fourth-order valence-electron chi connectivity index (χ4n) is 10.1. The van der Waals surface area contributed by atoms with E-state index >= 15 is 0 Å². The highest BCUT2D eigenvalue weighted by atomic mass is 32.2. The minimum absolute atomic E-state index is 0.0996. The molecule has 10 aromatic rings. The van der Waals surface area contributed by atoms with Gasteiger partial charge in [-0.1, -0.05) is 182 Å². The van der Waals surface area contributed by atoms with Crippen molar-refractivity contribution in [3.05, 3.63) is 257 Å². The Morgan fingerprint density at radius 3 is 1.69 bits per heavy atom. The standard InChI is InChI=1S/C56H37NOS/c1-4-18-37(19-5-1)53(44-33-35-49(54-43-26-12-16-30-50(43)58-55(44)54)57(39-20-6-2-7-21-39)40-22-8-3-9-23-40)38-32-34-48-52(36-38)59-51-31-17-15-29-47(51)56(48)45-27-13-10-24-41(45)42-25-11-14-28-46(42)56/h1-36,53H. The van der Waals surface area contributed by atoms with Gasteiger partial charge in [-0.05, 0) is 93.0 Å². The summed E-state index contributed by atoms with van der Waals surface area (Å²) in [4.78, 5) is 4.94. The zero-order chi connectivity index (χ0) is 38.9. The van der Waals surface area contributed by atoms with Gasteiger partial charge >= 0.3 is 0 Å². The molecule has 0 amide bonds. The average Bonchev–Trinajstić information content (AvgIpc) is 3.84. The third-order valence-corrected chi connectivity index (χ3v) is 13.6. The van der Waals surface area contributed by atoms with E-state index in [0.29, 0.717) is 0 Å². The lowest BCUT2D eigenvalue weighted by atomic mass is 9.67. The highest BCUT2D eigenvalue weighted by Gasteiger charge is 2.50. The maximum Gasteiger partial charge on any atom is 0.141 e. The fraction of sp³-hybridized carbons (Fsp3) is 0.0357. The minimum atomic E-state index is -0.420. The van der Waals surface area contributed by atoms with Gasteiger partial charge in [0.25, 0.3) is 0 Å². The highest BCUT2D eigenvalue weighted by molar-refractivity contribution is 7.99. The Hall–Kier alpha value is -7.07. The summed E-state index contributed by atoms with van der Waals surface area (Å²) in [5, 5.41) is 2.20. The third kappa shape index (κ3) is 5.08. The van der Waals surface area contributed by atoms with Crippen molar-refractivity contribution in [3.63, 3.8) is 0 Å². The molecular weight excluding hydrogens is 735 g/mol. The van der Waals surface area contributed by atoms with Gasteiger partial charge < -0.3 is 9.32 Å². The Kier molecular flexibility index (Phi) is 7.79. The minimum Gasteiger partial charge on any atom is -0.456 e. The monoisotopic (exact) mass is 771 g/mol. The normalized spacial score (nSPS) is 13.8. The molecule has 2 nitrogen and oxygen atoms in total.